The highest BCUT2D eigenvalue weighted by atomic mass is 32.1. The SMILES string of the molecule is CCc1ccccc1-c1nc(-c2cc(C(=O)O)cs2)cs1. The molecule has 1 N–H and O–H groups in total. The quantitative estimate of drug-likeness (QED) is 0.752. The summed E-state index contributed by atoms with van der Waals surface area (Å²) in [5.74, 6) is -0.899. The first-order chi connectivity index (χ1) is 10.2. The van der Waals surface area contributed by atoms with Crippen molar-refractivity contribution in [2.45, 2.75) is 13.3 Å². The minimum Gasteiger partial charge on any atom is -0.478 e. The molecule has 3 aromatic rings. The van der Waals surface area contributed by atoms with Gasteiger partial charge in [0.1, 0.15) is 5.01 Å². The molecule has 0 unspecified atom stereocenters. The van der Waals surface area contributed by atoms with Gasteiger partial charge >= 0.3 is 5.97 Å². The molecular formula is C16H13NO2S2. The van der Waals surface area contributed by atoms with Gasteiger partial charge < -0.3 is 5.11 Å². The molecule has 2 heterocycles. The first-order valence-electron chi connectivity index (χ1n) is 6.55. The van der Waals surface area contributed by atoms with E-state index in [9.17, 15) is 4.79 Å². The standard InChI is InChI=1S/C16H13NO2S2/c1-2-10-5-3-4-6-12(10)15-17-13(9-21-15)14-7-11(8-20-14)16(18)19/h3-9H,2H2,1H3,(H,18,19). The molecule has 0 atom stereocenters. The molecule has 0 saturated carbocycles. The van der Waals surface area contributed by atoms with Crippen molar-refractivity contribution in [2.24, 2.45) is 0 Å². The Labute approximate surface area is 130 Å². The Morgan fingerprint density at radius 3 is 2.76 bits per heavy atom. The van der Waals surface area contributed by atoms with Gasteiger partial charge in [0, 0.05) is 16.3 Å². The molecule has 0 saturated heterocycles. The van der Waals surface area contributed by atoms with E-state index in [1.165, 1.54) is 16.9 Å². The highest BCUT2D eigenvalue weighted by molar-refractivity contribution is 7.15. The number of hydrogen-bond acceptors (Lipinski definition) is 4. The first-order valence-corrected chi connectivity index (χ1v) is 8.31. The molecule has 0 fully saturated rings. The number of carboxylic acid groups (broad SMARTS) is 1. The average molecular weight is 315 g/mol. The fourth-order valence-electron chi connectivity index (χ4n) is 2.13. The van der Waals surface area contributed by atoms with Crippen molar-refractivity contribution >= 4 is 28.6 Å². The van der Waals surface area contributed by atoms with Crippen LogP contribution in [0, 0.1) is 0 Å². The van der Waals surface area contributed by atoms with Crippen LogP contribution in [0.4, 0.5) is 0 Å². The van der Waals surface area contributed by atoms with Crippen LogP contribution in [0.25, 0.3) is 21.1 Å². The summed E-state index contributed by atoms with van der Waals surface area (Å²) in [6.07, 6.45) is 0.966. The van der Waals surface area contributed by atoms with Crippen molar-refractivity contribution in [1.82, 2.24) is 4.98 Å². The van der Waals surface area contributed by atoms with E-state index in [-0.39, 0.29) is 0 Å². The molecule has 2 aromatic heterocycles. The second kappa shape index (κ2) is 5.79. The summed E-state index contributed by atoms with van der Waals surface area (Å²) >= 11 is 3.01. The predicted octanol–water partition coefficient (Wildman–Crippen LogP) is 4.80. The van der Waals surface area contributed by atoms with Crippen LogP contribution in [0.1, 0.15) is 22.8 Å². The number of rotatable bonds is 4. The van der Waals surface area contributed by atoms with Crippen LogP contribution in [0.5, 0.6) is 0 Å². The lowest BCUT2D eigenvalue weighted by molar-refractivity contribution is 0.0697. The third kappa shape index (κ3) is 2.75. The average Bonchev–Trinajstić information content (AvgIpc) is 3.16. The normalized spacial score (nSPS) is 10.7. The molecule has 21 heavy (non-hydrogen) atoms. The van der Waals surface area contributed by atoms with Crippen LogP contribution in [0.2, 0.25) is 0 Å². The fraction of sp³-hybridized carbons (Fsp3) is 0.125. The van der Waals surface area contributed by atoms with Gasteiger partial charge in [0.05, 0.1) is 16.1 Å². The summed E-state index contributed by atoms with van der Waals surface area (Å²) in [5, 5.41) is 13.6. The molecule has 3 nitrogen and oxygen atoms in total. The highest BCUT2D eigenvalue weighted by Gasteiger charge is 2.13. The Hall–Kier alpha value is -1.98. The largest absolute Gasteiger partial charge is 0.478 e. The van der Waals surface area contributed by atoms with E-state index in [4.69, 9.17) is 5.11 Å². The van der Waals surface area contributed by atoms with Gasteiger partial charge in [-0.05, 0) is 18.1 Å². The first kappa shape index (κ1) is 14.0. The van der Waals surface area contributed by atoms with Crippen molar-refractivity contribution in [1.29, 1.82) is 0 Å². The Morgan fingerprint density at radius 2 is 2.05 bits per heavy atom. The Bertz CT molecular complexity index is 789. The van der Waals surface area contributed by atoms with E-state index >= 15 is 0 Å². The second-order valence-corrected chi connectivity index (χ2v) is 6.32. The summed E-state index contributed by atoms with van der Waals surface area (Å²) in [5.41, 5.74) is 3.60. The van der Waals surface area contributed by atoms with Crippen molar-refractivity contribution < 1.29 is 9.90 Å². The van der Waals surface area contributed by atoms with Gasteiger partial charge in [-0.3, -0.25) is 0 Å². The van der Waals surface area contributed by atoms with E-state index in [1.807, 2.05) is 17.5 Å². The molecule has 0 bridgehead atoms. The molecule has 1 aromatic carbocycles. The number of nitrogens with zero attached hydrogens (tertiary/aromatic N) is 1. The maximum absolute atomic E-state index is 10.9. The third-order valence-electron chi connectivity index (χ3n) is 3.23. The molecule has 0 aliphatic rings. The van der Waals surface area contributed by atoms with Gasteiger partial charge in [-0.1, -0.05) is 31.2 Å². The summed E-state index contributed by atoms with van der Waals surface area (Å²) < 4.78 is 0. The summed E-state index contributed by atoms with van der Waals surface area (Å²) in [7, 11) is 0. The zero-order valence-corrected chi connectivity index (χ0v) is 13.0. The zero-order valence-electron chi connectivity index (χ0n) is 11.4. The fourth-order valence-corrected chi connectivity index (χ4v) is 3.93. The van der Waals surface area contributed by atoms with Crippen LogP contribution >= 0.6 is 22.7 Å². The number of carboxylic acids is 1. The molecule has 0 aliphatic heterocycles. The monoisotopic (exact) mass is 315 g/mol. The van der Waals surface area contributed by atoms with Gasteiger partial charge in [0.2, 0.25) is 0 Å². The van der Waals surface area contributed by atoms with Crippen molar-refractivity contribution in [3.8, 4) is 21.1 Å². The molecule has 0 amide bonds. The van der Waals surface area contributed by atoms with Crippen LogP contribution in [0.15, 0.2) is 41.1 Å². The molecule has 0 spiro atoms. The lowest BCUT2D eigenvalue weighted by Gasteiger charge is -2.03. The van der Waals surface area contributed by atoms with Crippen LogP contribution in [0.3, 0.4) is 0 Å². The smallest absolute Gasteiger partial charge is 0.336 e. The summed E-state index contributed by atoms with van der Waals surface area (Å²) in [6, 6.07) is 9.93. The molecule has 106 valence electrons. The van der Waals surface area contributed by atoms with E-state index < -0.39 is 5.97 Å². The number of thiazole rings is 1. The highest BCUT2D eigenvalue weighted by Crippen LogP contribution is 2.33. The molecular weight excluding hydrogens is 302 g/mol. The number of carbonyl (C=O) groups is 1. The lowest BCUT2D eigenvalue weighted by Crippen LogP contribution is -1.91. The topological polar surface area (TPSA) is 50.2 Å². The minimum atomic E-state index is -0.899. The van der Waals surface area contributed by atoms with Crippen molar-refractivity contribution in [2.75, 3.05) is 0 Å². The van der Waals surface area contributed by atoms with Gasteiger partial charge in [0.15, 0.2) is 0 Å². The maximum atomic E-state index is 10.9. The van der Waals surface area contributed by atoms with Crippen molar-refractivity contribution in [3.63, 3.8) is 0 Å². The van der Waals surface area contributed by atoms with E-state index in [1.54, 1.807) is 22.8 Å². The maximum Gasteiger partial charge on any atom is 0.336 e. The van der Waals surface area contributed by atoms with Crippen LogP contribution in [-0.4, -0.2) is 16.1 Å². The van der Waals surface area contributed by atoms with Crippen LogP contribution in [-0.2, 0) is 6.42 Å². The number of aromatic nitrogens is 1. The Kier molecular flexibility index (Phi) is 3.86. The van der Waals surface area contributed by atoms with E-state index in [0.29, 0.717) is 5.56 Å². The van der Waals surface area contributed by atoms with Crippen LogP contribution < -0.4 is 0 Å². The third-order valence-corrected chi connectivity index (χ3v) is 5.06. The number of aryl methyl sites for hydroxylation is 1. The molecule has 0 aliphatic carbocycles. The van der Waals surface area contributed by atoms with Gasteiger partial charge in [-0.25, -0.2) is 9.78 Å². The minimum absolute atomic E-state index is 0.318. The summed E-state index contributed by atoms with van der Waals surface area (Å²) in [4.78, 5) is 16.5. The number of benzene rings is 1. The lowest BCUT2D eigenvalue weighted by atomic mass is 10.1. The van der Waals surface area contributed by atoms with Gasteiger partial charge in [-0.15, -0.1) is 22.7 Å². The predicted molar refractivity (Wildman–Crippen MR) is 87.2 cm³/mol. The molecule has 5 heteroatoms. The number of thiophene rings is 1. The molecule has 3 rings (SSSR count). The summed E-state index contributed by atoms with van der Waals surface area (Å²) in [6.45, 7) is 2.13. The second-order valence-electron chi connectivity index (χ2n) is 4.55. The Balaban J connectivity index is 1.97. The zero-order chi connectivity index (χ0) is 14.8. The molecule has 0 radical (unpaired) electrons. The van der Waals surface area contributed by atoms with E-state index in [2.05, 4.69) is 24.0 Å². The van der Waals surface area contributed by atoms with Gasteiger partial charge in [-0.2, -0.15) is 0 Å². The van der Waals surface area contributed by atoms with Gasteiger partial charge in [0.25, 0.3) is 0 Å². The Morgan fingerprint density at radius 1 is 1.24 bits per heavy atom. The van der Waals surface area contributed by atoms with E-state index in [0.717, 1.165) is 27.6 Å². The number of aromatic carboxylic acids is 1. The van der Waals surface area contributed by atoms with Crippen molar-refractivity contribution in [3.05, 3.63) is 52.2 Å². The number of hydrogen-bond donors (Lipinski definition) is 1.